The largest absolute Gasteiger partial charge is 0.508 e. The third-order valence-corrected chi connectivity index (χ3v) is 1.22. The molecule has 0 heterocycles. The van der Waals surface area contributed by atoms with E-state index >= 15 is 0 Å². The number of aromatic hydroxyl groups is 1. The highest BCUT2D eigenvalue weighted by atomic mass is 19.2. The molecule has 1 aromatic rings. The van der Waals surface area contributed by atoms with Crippen LogP contribution >= 0.6 is 0 Å². The summed E-state index contributed by atoms with van der Waals surface area (Å²) in [5.41, 5.74) is 0. The third-order valence-electron chi connectivity index (χ3n) is 1.22. The van der Waals surface area contributed by atoms with Gasteiger partial charge in [-0.25, -0.2) is 4.39 Å². The van der Waals surface area contributed by atoms with E-state index in [1.165, 1.54) is 24.3 Å². The van der Waals surface area contributed by atoms with Crippen LogP contribution in [-0.4, -0.2) is 18.1 Å². The fourth-order valence-corrected chi connectivity index (χ4v) is 0.704. The van der Waals surface area contributed by atoms with Gasteiger partial charge in [0, 0.05) is 0 Å². The monoisotopic (exact) mass is 174 g/mol. The number of hydrogen-bond donors (Lipinski definition) is 1. The molecule has 0 aromatic heterocycles. The van der Waals surface area contributed by atoms with Crippen LogP contribution in [0, 0.1) is 0 Å². The van der Waals surface area contributed by atoms with Crippen molar-refractivity contribution in [2.45, 2.75) is 6.36 Å². The molecule has 0 saturated heterocycles. The predicted molar refractivity (Wildman–Crippen MR) is 39.6 cm³/mol. The van der Waals surface area contributed by atoms with Crippen LogP contribution in [0.5, 0.6) is 11.5 Å². The lowest BCUT2D eigenvalue weighted by Gasteiger charge is -2.06. The summed E-state index contributed by atoms with van der Waals surface area (Å²) < 4.78 is 28.3. The summed E-state index contributed by atoms with van der Waals surface area (Å²) >= 11 is 0. The van der Waals surface area contributed by atoms with Crippen LogP contribution in [0.3, 0.4) is 0 Å². The lowest BCUT2D eigenvalue weighted by Crippen LogP contribution is -2.11. The van der Waals surface area contributed by atoms with E-state index in [0.29, 0.717) is 0 Å². The van der Waals surface area contributed by atoms with Gasteiger partial charge >= 0.3 is 0 Å². The molecule has 1 aromatic carbocycles. The first-order valence-electron chi connectivity index (χ1n) is 3.38. The molecule has 1 unspecified atom stereocenters. The second-order valence-corrected chi connectivity index (χ2v) is 2.18. The normalized spacial score (nSPS) is 12.5. The first kappa shape index (κ1) is 8.77. The van der Waals surface area contributed by atoms with Gasteiger partial charge in [-0.1, -0.05) is 0 Å². The SMILES string of the molecule is Oc1ccc(OC(F)CF)cc1. The zero-order valence-corrected chi connectivity index (χ0v) is 6.21. The van der Waals surface area contributed by atoms with Crippen LogP contribution in [0.4, 0.5) is 8.78 Å². The molecule has 1 rings (SSSR count). The molecule has 0 aliphatic heterocycles. The minimum Gasteiger partial charge on any atom is -0.508 e. The minimum absolute atomic E-state index is 0.0537. The van der Waals surface area contributed by atoms with E-state index < -0.39 is 13.0 Å². The van der Waals surface area contributed by atoms with Crippen LogP contribution in [0.1, 0.15) is 0 Å². The number of rotatable bonds is 3. The summed E-state index contributed by atoms with van der Waals surface area (Å²) in [6.07, 6.45) is -1.94. The molecule has 0 spiro atoms. The van der Waals surface area contributed by atoms with Gasteiger partial charge in [-0.2, -0.15) is 4.39 Å². The van der Waals surface area contributed by atoms with Crippen molar-refractivity contribution in [3.63, 3.8) is 0 Å². The second-order valence-electron chi connectivity index (χ2n) is 2.18. The van der Waals surface area contributed by atoms with Gasteiger partial charge in [0.1, 0.15) is 11.5 Å². The summed E-state index contributed by atoms with van der Waals surface area (Å²) in [7, 11) is 0. The number of halogens is 2. The van der Waals surface area contributed by atoms with Crippen molar-refractivity contribution >= 4 is 0 Å². The molecule has 66 valence electrons. The van der Waals surface area contributed by atoms with E-state index in [-0.39, 0.29) is 11.5 Å². The van der Waals surface area contributed by atoms with E-state index in [1.807, 2.05) is 0 Å². The molecule has 0 fully saturated rings. The van der Waals surface area contributed by atoms with Crippen LogP contribution in [0.15, 0.2) is 24.3 Å². The van der Waals surface area contributed by atoms with E-state index in [2.05, 4.69) is 4.74 Å². The zero-order valence-electron chi connectivity index (χ0n) is 6.21. The number of hydrogen-bond acceptors (Lipinski definition) is 2. The summed E-state index contributed by atoms with van der Waals surface area (Å²) in [4.78, 5) is 0. The second kappa shape index (κ2) is 3.90. The Hall–Kier alpha value is -1.32. The molecule has 0 amide bonds. The predicted octanol–water partition coefficient (Wildman–Crippen LogP) is 2.04. The Labute approximate surface area is 68.4 Å². The van der Waals surface area contributed by atoms with Gasteiger partial charge in [0.25, 0.3) is 6.36 Å². The number of phenols is 1. The quantitative estimate of drug-likeness (QED) is 0.759. The van der Waals surface area contributed by atoms with E-state index in [4.69, 9.17) is 5.11 Å². The molecule has 0 saturated carbocycles. The van der Waals surface area contributed by atoms with E-state index in [0.717, 1.165) is 0 Å². The summed E-state index contributed by atoms with van der Waals surface area (Å²) in [5.74, 6) is 0.246. The van der Waals surface area contributed by atoms with Crippen molar-refractivity contribution in [1.82, 2.24) is 0 Å². The summed E-state index contributed by atoms with van der Waals surface area (Å²) in [5, 5.41) is 8.82. The zero-order chi connectivity index (χ0) is 8.97. The topological polar surface area (TPSA) is 29.5 Å². The van der Waals surface area contributed by atoms with E-state index in [1.54, 1.807) is 0 Å². The Morgan fingerprint density at radius 2 is 1.92 bits per heavy atom. The number of alkyl halides is 2. The van der Waals surface area contributed by atoms with Crippen molar-refractivity contribution in [3.8, 4) is 11.5 Å². The van der Waals surface area contributed by atoms with Crippen molar-refractivity contribution in [2.24, 2.45) is 0 Å². The third kappa shape index (κ3) is 2.38. The minimum atomic E-state index is -1.94. The molecule has 1 atom stereocenters. The Bertz CT molecular complexity index is 235. The first-order chi connectivity index (χ1) is 5.72. The Balaban J connectivity index is 2.58. The maximum absolute atomic E-state index is 12.3. The smallest absolute Gasteiger partial charge is 0.266 e. The fourth-order valence-electron chi connectivity index (χ4n) is 0.704. The van der Waals surface area contributed by atoms with Gasteiger partial charge in [0.2, 0.25) is 0 Å². The summed E-state index contributed by atoms with van der Waals surface area (Å²) in [6.45, 7) is -1.18. The first-order valence-corrected chi connectivity index (χ1v) is 3.38. The fraction of sp³-hybridized carbons (Fsp3) is 0.250. The van der Waals surface area contributed by atoms with Gasteiger partial charge < -0.3 is 9.84 Å². The molecule has 0 aliphatic carbocycles. The molecule has 0 aliphatic rings. The van der Waals surface area contributed by atoms with Crippen molar-refractivity contribution in [3.05, 3.63) is 24.3 Å². The lowest BCUT2D eigenvalue weighted by molar-refractivity contribution is 0.0434. The Kier molecular flexibility index (Phi) is 2.85. The molecule has 0 radical (unpaired) electrons. The van der Waals surface area contributed by atoms with Crippen LogP contribution < -0.4 is 4.74 Å². The molecular weight excluding hydrogens is 166 g/mol. The lowest BCUT2D eigenvalue weighted by atomic mass is 10.3. The molecule has 0 bridgehead atoms. The summed E-state index contributed by atoms with van der Waals surface area (Å²) in [6, 6.07) is 5.38. The standard InChI is InChI=1S/C8H8F2O2/c9-5-8(10)12-7-3-1-6(11)2-4-7/h1-4,8,11H,5H2. The maximum Gasteiger partial charge on any atom is 0.266 e. The van der Waals surface area contributed by atoms with Crippen molar-refractivity contribution in [2.75, 3.05) is 6.67 Å². The average Bonchev–Trinajstić information content (AvgIpc) is 2.09. The maximum atomic E-state index is 12.3. The van der Waals surface area contributed by atoms with Gasteiger partial charge in [-0.05, 0) is 24.3 Å². The number of phenolic OH excluding ortho intramolecular Hbond substituents is 1. The van der Waals surface area contributed by atoms with Crippen LogP contribution in [-0.2, 0) is 0 Å². The van der Waals surface area contributed by atoms with Gasteiger partial charge in [0.05, 0.1) is 0 Å². The molecule has 2 nitrogen and oxygen atoms in total. The van der Waals surface area contributed by atoms with Crippen LogP contribution in [0.25, 0.3) is 0 Å². The molecular formula is C8H8F2O2. The van der Waals surface area contributed by atoms with Crippen molar-refractivity contribution in [1.29, 1.82) is 0 Å². The van der Waals surface area contributed by atoms with Gasteiger partial charge in [-0.3, -0.25) is 0 Å². The number of benzene rings is 1. The highest BCUT2D eigenvalue weighted by molar-refractivity contribution is 5.30. The van der Waals surface area contributed by atoms with Gasteiger partial charge in [0.15, 0.2) is 6.67 Å². The highest BCUT2D eigenvalue weighted by Gasteiger charge is 2.05. The molecule has 4 heteroatoms. The highest BCUT2D eigenvalue weighted by Crippen LogP contribution is 2.17. The Morgan fingerprint density at radius 1 is 1.33 bits per heavy atom. The molecule has 1 N–H and O–H groups in total. The average molecular weight is 174 g/mol. The Morgan fingerprint density at radius 3 is 2.42 bits per heavy atom. The van der Waals surface area contributed by atoms with E-state index in [9.17, 15) is 8.78 Å². The van der Waals surface area contributed by atoms with Gasteiger partial charge in [-0.15, -0.1) is 0 Å². The number of ether oxygens (including phenoxy) is 1. The molecule has 12 heavy (non-hydrogen) atoms. The van der Waals surface area contributed by atoms with Crippen LogP contribution in [0.2, 0.25) is 0 Å². The van der Waals surface area contributed by atoms with Crippen molar-refractivity contribution < 1.29 is 18.6 Å².